The third-order valence-electron chi connectivity index (χ3n) is 3.22. The molecule has 0 saturated carbocycles. The number of hydrogen-bond acceptors (Lipinski definition) is 2. The summed E-state index contributed by atoms with van der Waals surface area (Å²) in [4.78, 5) is 0. The minimum atomic E-state index is 0.863. The first-order chi connectivity index (χ1) is 9.33. The van der Waals surface area contributed by atoms with Crippen LogP contribution in [0, 0.1) is 6.92 Å². The van der Waals surface area contributed by atoms with Crippen LogP contribution in [0.1, 0.15) is 5.56 Å². The van der Waals surface area contributed by atoms with Crippen molar-refractivity contribution < 1.29 is 0 Å². The van der Waals surface area contributed by atoms with E-state index in [9.17, 15) is 0 Å². The van der Waals surface area contributed by atoms with Gasteiger partial charge >= 0.3 is 0 Å². The molecule has 0 amide bonds. The molecule has 1 heterocycles. The second-order valence-corrected chi connectivity index (χ2v) is 4.72. The van der Waals surface area contributed by atoms with E-state index in [0.29, 0.717) is 0 Å². The van der Waals surface area contributed by atoms with Crippen molar-refractivity contribution in [3.8, 4) is 0 Å². The molecule has 3 rings (SSSR count). The van der Waals surface area contributed by atoms with Crippen LogP contribution >= 0.6 is 0 Å². The van der Waals surface area contributed by atoms with Gasteiger partial charge in [0.05, 0.1) is 18.3 Å². The predicted octanol–water partition coefficient (Wildman–Crippen LogP) is 3.46. The third-order valence-corrected chi connectivity index (χ3v) is 3.22. The molecule has 3 nitrogen and oxygen atoms in total. The van der Waals surface area contributed by atoms with Gasteiger partial charge in [0.15, 0.2) is 0 Å². The first-order valence-corrected chi connectivity index (χ1v) is 6.54. The van der Waals surface area contributed by atoms with Crippen molar-refractivity contribution in [3.63, 3.8) is 0 Å². The highest BCUT2D eigenvalue weighted by atomic mass is 15.3. The van der Waals surface area contributed by atoms with Gasteiger partial charge in [-0.25, -0.2) is 0 Å². The van der Waals surface area contributed by atoms with Crippen LogP contribution in [0.25, 0.3) is 10.9 Å². The minimum absolute atomic E-state index is 0.863. The summed E-state index contributed by atoms with van der Waals surface area (Å²) in [5.41, 5.74) is 3.62. The van der Waals surface area contributed by atoms with E-state index in [0.717, 1.165) is 18.8 Å². The first kappa shape index (κ1) is 11.8. The molecule has 96 valence electrons. The van der Waals surface area contributed by atoms with Gasteiger partial charge in [-0.1, -0.05) is 30.3 Å². The first-order valence-electron chi connectivity index (χ1n) is 6.54. The molecule has 1 aromatic heterocycles. The van der Waals surface area contributed by atoms with Crippen LogP contribution in [-0.4, -0.2) is 16.3 Å². The van der Waals surface area contributed by atoms with Crippen LogP contribution in [0.4, 0.5) is 5.69 Å². The summed E-state index contributed by atoms with van der Waals surface area (Å²) in [5.74, 6) is 0. The summed E-state index contributed by atoms with van der Waals surface area (Å²) >= 11 is 0. The molecule has 1 N–H and O–H groups in total. The quantitative estimate of drug-likeness (QED) is 0.769. The standard InChI is InChI=1S/C16H17N3/c1-13-5-4-7-15(11-13)17-9-10-19-16-8-3-2-6-14(16)12-18-19/h2-8,11-12,17H,9-10H2,1H3. The zero-order valence-electron chi connectivity index (χ0n) is 11.0. The molecule has 0 aliphatic rings. The number of nitrogens with zero attached hydrogens (tertiary/aromatic N) is 2. The van der Waals surface area contributed by atoms with E-state index in [4.69, 9.17) is 0 Å². The molecular formula is C16H17N3. The van der Waals surface area contributed by atoms with E-state index < -0.39 is 0 Å². The molecule has 0 bridgehead atoms. The molecule has 0 saturated heterocycles. The highest BCUT2D eigenvalue weighted by Crippen LogP contribution is 2.13. The molecule has 0 atom stereocenters. The van der Waals surface area contributed by atoms with Crippen LogP contribution in [0.15, 0.2) is 54.7 Å². The maximum absolute atomic E-state index is 4.42. The number of rotatable bonds is 4. The largest absolute Gasteiger partial charge is 0.383 e. The van der Waals surface area contributed by atoms with Gasteiger partial charge in [-0.2, -0.15) is 5.10 Å². The Balaban J connectivity index is 1.66. The zero-order valence-corrected chi connectivity index (χ0v) is 11.0. The van der Waals surface area contributed by atoms with Gasteiger partial charge in [-0.15, -0.1) is 0 Å². The van der Waals surface area contributed by atoms with Gasteiger partial charge in [0.2, 0.25) is 0 Å². The van der Waals surface area contributed by atoms with E-state index in [1.807, 2.05) is 16.9 Å². The maximum Gasteiger partial charge on any atom is 0.0683 e. The number of fused-ring (bicyclic) bond motifs is 1. The Morgan fingerprint density at radius 1 is 1.11 bits per heavy atom. The Kier molecular flexibility index (Phi) is 3.19. The van der Waals surface area contributed by atoms with Crippen LogP contribution in [0.3, 0.4) is 0 Å². The van der Waals surface area contributed by atoms with Gasteiger partial charge in [-0.3, -0.25) is 4.68 Å². The van der Waals surface area contributed by atoms with Crippen molar-refractivity contribution in [2.45, 2.75) is 13.5 Å². The number of benzene rings is 2. The summed E-state index contributed by atoms with van der Waals surface area (Å²) in [7, 11) is 0. The molecule has 0 aliphatic heterocycles. The monoisotopic (exact) mass is 251 g/mol. The number of aryl methyl sites for hydroxylation is 1. The average Bonchev–Trinajstić information content (AvgIpc) is 2.83. The summed E-state index contributed by atoms with van der Waals surface area (Å²) < 4.78 is 2.04. The molecule has 0 unspecified atom stereocenters. The van der Waals surface area contributed by atoms with Crippen LogP contribution < -0.4 is 5.32 Å². The molecule has 3 aromatic rings. The second kappa shape index (κ2) is 5.14. The Hall–Kier alpha value is -2.29. The summed E-state index contributed by atoms with van der Waals surface area (Å²) in [6, 6.07) is 16.7. The van der Waals surface area contributed by atoms with Gasteiger partial charge in [0.1, 0.15) is 0 Å². The Morgan fingerprint density at radius 2 is 2.00 bits per heavy atom. The summed E-state index contributed by atoms with van der Waals surface area (Å²) in [6.45, 7) is 3.84. The van der Waals surface area contributed by atoms with Crippen molar-refractivity contribution in [3.05, 3.63) is 60.3 Å². The van der Waals surface area contributed by atoms with Crippen LogP contribution in [0.2, 0.25) is 0 Å². The molecule has 0 fully saturated rings. The van der Waals surface area contributed by atoms with Gasteiger partial charge < -0.3 is 5.32 Å². The fourth-order valence-electron chi connectivity index (χ4n) is 2.27. The zero-order chi connectivity index (χ0) is 13.1. The number of aromatic nitrogens is 2. The normalized spacial score (nSPS) is 10.8. The average molecular weight is 251 g/mol. The molecule has 2 aromatic carbocycles. The number of nitrogens with one attached hydrogen (secondary N) is 1. The van der Waals surface area contributed by atoms with Gasteiger partial charge in [0.25, 0.3) is 0 Å². The summed E-state index contributed by atoms with van der Waals surface area (Å²) in [6.07, 6.45) is 1.92. The lowest BCUT2D eigenvalue weighted by Crippen LogP contribution is -2.11. The molecule has 0 radical (unpaired) electrons. The van der Waals surface area contributed by atoms with Gasteiger partial charge in [-0.05, 0) is 30.7 Å². The predicted molar refractivity (Wildman–Crippen MR) is 79.4 cm³/mol. The Bertz CT molecular complexity index is 685. The number of anilines is 1. The van der Waals surface area contributed by atoms with Crippen LogP contribution in [0.5, 0.6) is 0 Å². The second-order valence-electron chi connectivity index (χ2n) is 4.72. The maximum atomic E-state index is 4.42. The lowest BCUT2D eigenvalue weighted by molar-refractivity contribution is 0.660. The van der Waals surface area contributed by atoms with Crippen molar-refractivity contribution in [2.75, 3.05) is 11.9 Å². The summed E-state index contributed by atoms with van der Waals surface area (Å²) in [5, 5.41) is 9.04. The highest BCUT2D eigenvalue weighted by Gasteiger charge is 2.00. The molecule has 19 heavy (non-hydrogen) atoms. The van der Waals surface area contributed by atoms with Crippen molar-refractivity contribution in [2.24, 2.45) is 0 Å². The molecular weight excluding hydrogens is 234 g/mol. The van der Waals surface area contributed by atoms with Gasteiger partial charge in [0, 0.05) is 17.6 Å². The fourth-order valence-corrected chi connectivity index (χ4v) is 2.27. The lowest BCUT2D eigenvalue weighted by atomic mass is 10.2. The highest BCUT2D eigenvalue weighted by molar-refractivity contribution is 5.78. The topological polar surface area (TPSA) is 29.9 Å². The van der Waals surface area contributed by atoms with E-state index in [2.05, 4.69) is 59.8 Å². The van der Waals surface area contributed by atoms with E-state index in [1.165, 1.54) is 16.5 Å². The molecule has 3 heteroatoms. The van der Waals surface area contributed by atoms with Crippen molar-refractivity contribution in [1.29, 1.82) is 0 Å². The third kappa shape index (κ3) is 2.60. The SMILES string of the molecule is Cc1cccc(NCCn2ncc3ccccc32)c1. The minimum Gasteiger partial charge on any atom is -0.383 e. The van der Waals surface area contributed by atoms with E-state index >= 15 is 0 Å². The van der Waals surface area contributed by atoms with E-state index in [-0.39, 0.29) is 0 Å². The molecule has 0 aliphatic carbocycles. The van der Waals surface area contributed by atoms with Crippen molar-refractivity contribution in [1.82, 2.24) is 9.78 Å². The fraction of sp³-hybridized carbons (Fsp3) is 0.188. The van der Waals surface area contributed by atoms with Crippen LogP contribution in [-0.2, 0) is 6.54 Å². The molecule has 0 spiro atoms. The number of para-hydroxylation sites is 1. The smallest absolute Gasteiger partial charge is 0.0683 e. The Morgan fingerprint density at radius 3 is 2.89 bits per heavy atom. The van der Waals surface area contributed by atoms with Crippen molar-refractivity contribution >= 4 is 16.6 Å². The van der Waals surface area contributed by atoms with E-state index in [1.54, 1.807) is 0 Å². The Labute approximate surface area is 112 Å². The lowest BCUT2D eigenvalue weighted by Gasteiger charge is -2.08. The number of hydrogen-bond donors (Lipinski definition) is 1.